The van der Waals surface area contributed by atoms with Gasteiger partial charge < -0.3 is 9.88 Å². The minimum atomic E-state index is 1.01. The van der Waals surface area contributed by atoms with E-state index in [0.717, 1.165) is 25.3 Å². The highest BCUT2D eigenvalue weighted by Gasteiger charge is 2.03. The largest absolute Gasteiger partial charge is 0.331 e. The molecule has 1 aromatic carbocycles. The van der Waals surface area contributed by atoms with Gasteiger partial charge in [-0.1, -0.05) is 30.3 Å². The van der Waals surface area contributed by atoms with Gasteiger partial charge in [0, 0.05) is 24.5 Å². The number of aryl methyl sites for hydroxylation is 1. The van der Waals surface area contributed by atoms with E-state index in [4.69, 9.17) is 0 Å². The van der Waals surface area contributed by atoms with Crippen LogP contribution in [0.25, 0.3) is 11.4 Å². The van der Waals surface area contributed by atoms with Crippen molar-refractivity contribution in [3.63, 3.8) is 0 Å². The van der Waals surface area contributed by atoms with Gasteiger partial charge in [0.05, 0.1) is 0 Å². The van der Waals surface area contributed by atoms with Gasteiger partial charge in [0.25, 0.3) is 0 Å². The maximum Gasteiger partial charge on any atom is 0.139 e. The zero-order valence-electron chi connectivity index (χ0n) is 9.56. The van der Waals surface area contributed by atoms with Crippen molar-refractivity contribution in [2.75, 3.05) is 13.6 Å². The van der Waals surface area contributed by atoms with Gasteiger partial charge >= 0.3 is 0 Å². The van der Waals surface area contributed by atoms with Crippen molar-refractivity contribution in [3.8, 4) is 11.4 Å². The van der Waals surface area contributed by atoms with Gasteiger partial charge in [0.1, 0.15) is 5.82 Å². The van der Waals surface area contributed by atoms with Crippen LogP contribution in [0.15, 0.2) is 42.7 Å². The highest BCUT2D eigenvalue weighted by molar-refractivity contribution is 5.54. The summed E-state index contributed by atoms with van der Waals surface area (Å²) in [7, 11) is 1.98. The molecule has 1 heterocycles. The number of nitrogens with one attached hydrogen (secondary N) is 1. The lowest BCUT2D eigenvalue weighted by atomic mass is 10.2. The maximum atomic E-state index is 4.41. The molecule has 0 bridgehead atoms. The van der Waals surface area contributed by atoms with E-state index in [0.29, 0.717) is 0 Å². The fourth-order valence-electron chi connectivity index (χ4n) is 1.76. The average Bonchev–Trinajstić information content (AvgIpc) is 2.79. The van der Waals surface area contributed by atoms with Gasteiger partial charge in [-0.3, -0.25) is 0 Å². The zero-order chi connectivity index (χ0) is 11.2. The fraction of sp³-hybridized carbons (Fsp3) is 0.308. The Morgan fingerprint density at radius 1 is 1.25 bits per heavy atom. The molecule has 3 heteroatoms. The van der Waals surface area contributed by atoms with Crippen molar-refractivity contribution in [3.05, 3.63) is 42.7 Å². The van der Waals surface area contributed by atoms with Crippen LogP contribution in [-0.2, 0) is 6.54 Å². The molecule has 84 valence electrons. The van der Waals surface area contributed by atoms with E-state index in [1.807, 2.05) is 37.6 Å². The minimum absolute atomic E-state index is 1.01. The van der Waals surface area contributed by atoms with Crippen molar-refractivity contribution in [2.45, 2.75) is 13.0 Å². The van der Waals surface area contributed by atoms with Crippen molar-refractivity contribution >= 4 is 0 Å². The number of benzene rings is 1. The van der Waals surface area contributed by atoms with E-state index in [9.17, 15) is 0 Å². The molecule has 0 aliphatic carbocycles. The van der Waals surface area contributed by atoms with Gasteiger partial charge in [-0.2, -0.15) is 0 Å². The summed E-state index contributed by atoms with van der Waals surface area (Å²) in [6, 6.07) is 10.3. The van der Waals surface area contributed by atoms with E-state index < -0.39 is 0 Å². The molecule has 0 aliphatic heterocycles. The van der Waals surface area contributed by atoms with Crippen LogP contribution in [0.1, 0.15) is 6.42 Å². The number of nitrogens with zero attached hydrogens (tertiary/aromatic N) is 2. The topological polar surface area (TPSA) is 29.9 Å². The first-order valence-electron chi connectivity index (χ1n) is 5.63. The predicted octanol–water partition coefficient (Wildman–Crippen LogP) is 2.16. The SMILES string of the molecule is CNCCCn1ccnc1-c1ccccc1. The second-order valence-corrected chi connectivity index (χ2v) is 3.77. The summed E-state index contributed by atoms with van der Waals surface area (Å²) in [5.41, 5.74) is 1.18. The first-order valence-corrected chi connectivity index (χ1v) is 5.63. The standard InChI is InChI=1S/C13H17N3/c1-14-8-5-10-16-11-9-15-13(16)12-6-3-2-4-7-12/h2-4,6-7,9,11,14H,5,8,10H2,1H3. The van der Waals surface area contributed by atoms with Crippen LogP contribution in [-0.4, -0.2) is 23.1 Å². The molecule has 0 saturated heterocycles. The van der Waals surface area contributed by atoms with E-state index in [1.165, 1.54) is 5.56 Å². The second kappa shape index (κ2) is 5.47. The van der Waals surface area contributed by atoms with Crippen LogP contribution < -0.4 is 5.32 Å². The molecule has 1 N–H and O–H groups in total. The van der Waals surface area contributed by atoms with E-state index in [2.05, 4.69) is 27.0 Å². The first kappa shape index (κ1) is 10.9. The summed E-state index contributed by atoms with van der Waals surface area (Å²) in [5, 5.41) is 3.16. The smallest absolute Gasteiger partial charge is 0.139 e. The molecule has 16 heavy (non-hydrogen) atoms. The molecule has 3 nitrogen and oxygen atoms in total. The molecule has 0 radical (unpaired) electrons. The molecule has 2 rings (SSSR count). The molecule has 0 unspecified atom stereocenters. The number of rotatable bonds is 5. The van der Waals surface area contributed by atoms with Gasteiger partial charge in [-0.25, -0.2) is 4.98 Å². The Morgan fingerprint density at radius 3 is 2.81 bits per heavy atom. The number of aromatic nitrogens is 2. The summed E-state index contributed by atoms with van der Waals surface area (Å²) >= 11 is 0. The highest BCUT2D eigenvalue weighted by atomic mass is 15.1. The Balaban J connectivity index is 2.13. The highest BCUT2D eigenvalue weighted by Crippen LogP contribution is 2.16. The van der Waals surface area contributed by atoms with Gasteiger partial charge in [-0.15, -0.1) is 0 Å². The van der Waals surface area contributed by atoms with E-state index in [1.54, 1.807) is 0 Å². The van der Waals surface area contributed by atoms with Crippen LogP contribution in [0.3, 0.4) is 0 Å². The monoisotopic (exact) mass is 215 g/mol. The summed E-state index contributed by atoms with van der Waals surface area (Å²) in [5.74, 6) is 1.05. The Labute approximate surface area is 96.1 Å². The summed E-state index contributed by atoms with van der Waals surface area (Å²) in [6.45, 7) is 2.04. The van der Waals surface area contributed by atoms with Gasteiger partial charge in [0.2, 0.25) is 0 Å². The molecule has 0 spiro atoms. The predicted molar refractivity (Wildman–Crippen MR) is 66.2 cm³/mol. The van der Waals surface area contributed by atoms with Crippen LogP contribution in [0.5, 0.6) is 0 Å². The Morgan fingerprint density at radius 2 is 2.06 bits per heavy atom. The molecule has 0 atom stereocenters. The van der Waals surface area contributed by atoms with E-state index >= 15 is 0 Å². The number of hydrogen-bond acceptors (Lipinski definition) is 2. The van der Waals surface area contributed by atoms with Crippen molar-refractivity contribution < 1.29 is 0 Å². The lowest BCUT2D eigenvalue weighted by molar-refractivity contribution is 0.617. The van der Waals surface area contributed by atoms with Crippen LogP contribution >= 0.6 is 0 Å². The molecule has 0 amide bonds. The van der Waals surface area contributed by atoms with Crippen molar-refractivity contribution in [2.24, 2.45) is 0 Å². The average molecular weight is 215 g/mol. The van der Waals surface area contributed by atoms with Crippen LogP contribution in [0, 0.1) is 0 Å². The Kier molecular flexibility index (Phi) is 3.72. The van der Waals surface area contributed by atoms with Crippen LogP contribution in [0.2, 0.25) is 0 Å². The van der Waals surface area contributed by atoms with Gasteiger partial charge in [0.15, 0.2) is 0 Å². The Hall–Kier alpha value is -1.61. The number of hydrogen-bond donors (Lipinski definition) is 1. The van der Waals surface area contributed by atoms with Crippen molar-refractivity contribution in [1.29, 1.82) is 0 Å². The third-order valence-electron chi connectivity index (χ3n) is 2.57. The summed E-state index contributed by atoms with van der Waals surface area (Å²) < 4.78 is 2.20. The van der Waals surface area contributed by atoms with Crippen LogP contribution in [0.4, 0.5) is 0 Å². The lowest BCUT2D eigenvalue weighted by Gasteiger charge is -2.07. The molecule has 0 fully saturated rings. The molecule has 1 aromatic heterocycles. The molecule has 0 aliphatic rings. The maximum absolute atomic E-state index is 4.41. The third-order valence-corrected chi connectivity index (χ3v) is 2.57. The third kappa shape index (κ3) is 2.49. The first-order chi connectivity index (χ1) is 7.92. The normalized spacial score (nSPS) is 10.6. The lowest BCUT2D eigenvalue weighted by Crippen LogP contribution is -2.11. The Bertz CT molecular complexity index is 420. The molecule has 2 aromatic rings. The zero-order valence-corrected chi connectivity index (χ0v) is 9.56. The molecular formula is C13H17N3. The molecular weight excluding hydrogens is 198 g/mol. The number of imidazole rings is 1. The van der Waals surface area contributed by atoms with Gasteiger partial charge in [-0.05, 0) is 20.0 Å². The summed E-state index contributed by atoms with van der Waals surface area (Å²) in [6.07, 6.45) is 5.02. The quantitative estimate of drug-likeness (QED) is 0.775. The molecule has 0 saturated carbocycles. The second-order valence-electron chi connectivity index (χ2n) is 3.77. The van der Waals surface area contributed by atoms with Crippen molar-refractivity contribution in [1.82, 2.24) is 14.9 Å². The summed E-state index contributed by atoms with van der Waals surface area (Å²) in [4.78, 5) is 4.41. The minimum Gasteiger partial charge on any atom is -0.331 e. The van der Waals surface area contributed by atoms with E-state index in [-0.39, 0.29) is 0 Å². The fourth-order valence-corrected chi connectivity index (χ4v) is 1.76.